The molecule has 0 aliphatic heterocycles. The highest BCUT2D eigenvalue weighted by Gasteiger charge is 1.74. The summed E-state index contributed by atoms with van der Waals surface area (Å²) in [4.78, 5) is 0. The van der Waals surface area contributed by atoms with E-state index in [9.17, 15) is 0 Å². The van der Waals surface area contributed by atoms with Crippen LogP contribution < -0.4 is 0 Å². The molecule has 0 aliphatic rings. The van der Waals surface area contributed by atoms with Gasteiger partial charge in [0.15, 0.2) is 0 Å². The molecule has 0 aromatic rings. The van der Waals surface area contributed by atoms with Gasteiger partial charge in [-0.05, 0) is 33.1 Å². The SMILES string of the molecule is [CH2]C=CCCC=CCC=CC. The Morgan fingerprint density at radius 1 is 1.00 bits per heavy atom. The van der Waals surface area contributed by atoms with E-state index in [-0.39, 0.29) is 0 Å². The quantitative estimate of drug-likeness (QED) is 0.413. The predicted octanol–water partition coefficient (Wildman–Crippen LogP) is 3.68. The Hall–Kier alpha value is -0.780. The summed E-state index contributed by atoms with van der Waals surface area (Å²) in [6, 6.07) is 0. The smallest absolute Gasteiger partial charge is 0.0169 e. The minimum Gasteiger partial charge on any atom is -0.0914 e. The first-order valence-corrected chi connectivity index (χ1v) is 4.12. The van der Waals surface area contributed by atoms with Gasteiger partial charge >= 0.3 is 0 Å². The molecule has 0 unspecified atom stereocenters. The third-order valence-corrected chi connectivity index (χ3v) is 1.34. The van der Waals surface area contributed by atoms with Gasteiger partial charge in [0.25, 0.3) is 0 Å². The number of unbranched alkanes of at least 4 members (excludes halogenated alkanes) is 1. The van der Waals surface area contributed by atoms with Gasteiger partial charge in [-0.2, -0.15) is 0 Å². The van der Waals surface area contributed by atoms with Gasteiger partial charge in [-0.1, -0.05) is 36.5 Å². The molecule has 61 valence electrons. The van der Waals surface area contributed by atoms with Crippen molar-refractivity contribution in [3.8, 4) is 0 Å². The van der Waals surface area contributed by atoms with Crippen LogP contribution >= 0.6 is 0 Å². The normalized spacial score (nSPS) is 12.5. The molecule has 0 saturated heterocycles. The van der Waals surface area contributed by atoms with E-state index in [2.05, 4.69) is 37.3 Å². The molecule has 0 aromatic carbocycles. The lowest BCUT2D eigenvalue weighted by atomic mass is 10.2. The Morgan fingerprint density at radius 3 is 2.36 bits per heavy atom. The molecule has 0 atom stereocenters. The zero-order valence-corrected chi connectivity index (χ0v) is 7.29. The van der Waals surface area contributed by atoms with E-state index < -0.39 is 0 Å². The lowest BCUT2D eigenvalue weighted by molar-refractivity contribution is 1.04. The van der Waals surface area contributed by atoms with Crippen molar-refractivity contribution in [2.24, 2.45) is 0 Å². The molecule has 0 nitrogen and oxygen atoms in total. The van der Waals surface area contributed by atoms with Crippen LogP contribution in [-0.2, 0) is 0 Å². The molecule has 0 fully saturated rings. The van der Waals surface area contributed by atoms with Gasteiger partial charge in [0.05, 0.1) is 0 Å². The second kappa shape index (κ2) is 9.22. The van der Waals surface area contributed by atoms with Crippen LogP contribution in [0, 0.1) is 6.92 Å². The van der Waals surface area contributed by atoms with Crippen LogP contribution in [0.25, 0.3) is 0 Å². The van der Waals surface area contributed by atoms with E-state index in [4.69, 9.17) is 0 Å². The highest BCUT2D eigenvalue weighted by atomic mass is 13.8. The first-order valence-electron chi connectivity index (χ1n) is 4.12. The molecule has 1 radical (unpaired) electrons. The maximum Gasteiger partial charge on any atom is -0.0169 e. The predicted molar refractivity (Wildman–Crippen MR) is 52.3 cm³/mol. The van der Waals surface area contributed by atoms with Crippen molar-refractivity contribution < 1.29 is 0 Å². The standard InChI is InChI=1S/C11H17/c1-3-5-7-9-11-10-8-6-4-2/h3-6,10-11H,1,7-9H2,2H3. The van der Waals surface area contributed by atoms with E-state index in [0.717, 1.165) is 19.3 Å². The lowest BCUT2D eigenvalue weighted by Gasteiger charge is -1.84. The van der Waals surface area contributed by atoms with Gasteiger partial charge in [0, 0.05) is 0 Å². The van der Waals surface area contributed by atoms with Crippen LogP contribution in [0.15, 0.2) is 36.5 Å². The molecule has 0 amide bonds. The fourth-order valence-electron chi connectivity index (χ4n) is 0.739. The summed E-state index contributed by atoms with van der Waals surface area (Å²) in [5, 5.41) is 0. The first kappa shape index (κ1) is 10.2. The van der Waals surface area contributed by atoms with Crippen molar-refractivity contribution in [2.75, 3.05) is 0 Å². The maximum absolute atomic E-state index is 3.62. The second-order valence-electron chi connectivity index (χ2n) is 2.32. The van der Waals surface area contributed by atoms with Crippen LogP contribution in [-0.4, -0.2) is 0 Å². The van der Waals surface area contributed by atoms with E-state index >= 15 is 0 Å². The summed E-state index contributed by atoms with van der Waals surface area (Å²) in [5.74, 6) is 0. The van der Waals surface area contributed by atoms with Gasteiger partial charge in [0.2, 0.25) is 0 Å². The largest absolute Gasteiger partial charge is 0.0914 e. The van der Waals surface area contributed by atoms with Gasteiger partial charge < -0.3 is 0 Å². The molecular formula is C11H17. The number of hydrogen-bond acceptors (Lipinski definition) is 0. The van der Waals surface area contributed by atoms with Crippen molar-refractivity contribution >= 4 is 0 Å². The third kappa shape index (κ3) is 9.22. The Balaban J connectivity index is 3.16. The van der Waals surface area contributed by atoms with Crippen LogP contribution in [0.4, 0.5) is 0 Å². The Bertz CT molecular complexity index is 138. The summed E-state index contributed by atoms with van der Waals surface area (Å²) in [7, 11) is 0. The van der Waals surface area contributed by atoms with E-state index in [1.807, 2.05) is 13.0 Å². The summed E-state index contributed by atoms with van der Waals surface area (Å²) in [5.41, 5.74) is 0. The average Bonchev–Trinajstić information content (AvgIpc) is 2.03. The lowest BCUT2D eigenvalue weighted by Crippen LogP contribution is -1.64. The Labute approximate surface area is 70.3 Å². The van der Waals surface area contributed by atoms with Crippen LogP contribution in [0.5, 0.6) is 0 Å². The molecule has 0 aliphatic carbocycles. The van der Waals surface area contributed by atoms with E-state index in [1.165, 1.54) is 0 Å². The maximum atomic E-state index is 3.62. The van der Waals surface area contributed by atoms with Crippen LogP contribution in [0.1, 0.15) is 26.2 Å². The minimum absolute atomic E-state index is 1.06. The molecule has 11 heavy (non-hydrogen) atoms. The zero-order valence-electron chi connectivity index (χ0n) is 7.29. The molecule has 0 heterocycles. The topological polar surface area (TPSA) is 0 Å². The van der Waals surface area contributed by atoms with Gasteiger partial charge in [-0.25, -0.2) is 0 Å². The first-order chi connectivity index (χ1) is 5.41. The Morgan fingerprint density at radius 2 is 1.73 bits per heavy atom. The molecule has 0 spiro atoms. The van der Waals surface area contributed by atoms with Gasteiger partial charge in [-0.15, -0.1) is 0 Å². The number of rotatable bonds is 5. The molecule has 0 aromatic heterocycles. The Kier molecular flexibility index (Phi) is 8.57. The van der Waals surface area contributed by atoms with Crippen molar-refractivity contribution in [3.05, 3.63) is 43.4 Å². The summed E-state index contributed by atoms with van der Waals surface area (Å²) < 4.78 is 0. The highest BCUT2D eigenvalue weighted by Crippen LogP contribution is 1.94. The fourth-order valence-corrected chi connectivity index (χ4v) is 0.739. The van der Waals surface area contributed by atoms with Gasteiger partial charge in [0.1, 0.15) is 0 Å². The molecular weight excluding hydrogens is 132 g/mol. The van der Waals surface area contributed by atoms with E-state index in [0.29, 0.717) is 0 Å². The average molecular weight is 149 g/mol. The van der Waals surface area contributed by atoms with Crippen LogP contribution in [0.3, 0.4) is 0 Å². The highest BCUT2D eigenvalue weighted by molar-refractivity contribution is 4.93. The molecule has 0 heteroatoms. The van der Waals surface area contributed by atoms with E-state index in [1.54, 1.807) is 0 Å². The number of allylic oxidation sites excluding steroid dienone is 6. The van der Waals surface area contributed by atoms with Crippen LogP contribution in [0.2, 0.25) is 0 Å². The van der Waals surface area contributed by atoms with Crippen molar-refractivity contribution in [2.45, 2.75) is 26.2 Å². The second-order valence-corrected chi connectivity index (χ2v) is 2.32. The molecule has 0 rings (SSSR count). The summed E-state index contributed by atoms with van der Waals surface area (Å²) in [6.45, 7) is 5.66. The molecule has 0 saturated carbocycles. The fraction of sp³-hybridized carbons (Fsp3) is 0.364. The summed E-state index contributed by atoms with van der Waals surface area (Å²) >= 11 is 0. The monoisotopic (exact) mass is 149 g/mol. The van der Waals surface area contributed by atoms with Crippen molar-refractivity contribution in [3.63, 3.8) is 0 Å². The number of hydrogen-bond donors (Lipinski definition) is 0. The third-order valence-electron chi connectivity index (χ3n) is 1.34. The minimum atomic E-state index is 1.06. The summed E-state index contributed by atoms with van der Waals surface area (Å²) in [6.07, 6.45) is 15.8. The molecule has 0 N–H and O–H groups in total. The molecule has 0 bridgehead atoms. The zero-order chi connectivity index (χ0) is 8.36. The van der Waals surface area contributed by atoms with Gasteiger partial charge in [-0.3, -0.25) is 0 Å². The van der Waals surface area contributed by atoms with Crippen molar-refractivity contribution in [1.82, 2.24) is 0 Å². The van der Waals surface area contributed by atoms with Crippen molar-refractivity contribution in [1.29, 1.82) is 0 Å².